The Bertz CT molecular complexity index is 1060. The summed E-state index contributed by atoms with van der Waals surface area (Å²) in [4.78, 5) is 19.9. The van der Waals surface area contributed by atoms with Crippen molar-refractivity contribution in [3.8, 4) is 23.1 Å². The fourth-order valence-corrected chi connectivity index (χ4v) is 2.55. The molecule has 7 heteroatoms. The van der Waals surface area contributed by atoms with E-state index in [-0.39, 0.29) is 17.9 Å². The average molecular weight is 362 g/mol. The van der Waals surface area contributed by atoms with Gasteiger partial charge >= 0.3 is 0 Å². The molecule has 0 aliphatic heterocycles. The van der Waals surface area contributed by atoms with Crippen molar-refractivity contribution in [2.75, 3.05) is 0 Å². The average Bonchev–Trinajstić information content (AvgIpc) is 2.66. The Morgan fingerprint density at radius 3 is 2.74 bits per heavy atom. The molecule has 0 bridgehead atoms. The third kappa shape index (κ3) is 4.07. The number of aromatic nitrogens is 2. The molecule has 0 radical (unpaired) electrons. The summed E-state index contributed by atoms with van der Waals surface area (Å²) in [6, 6.07) is 12.7. The van der Waals surface area contributed by atoms with E-state index in [1.54, 1.807) is 37.4 Å². The summed E-state index contributed by atoms with van der Waals surface area (Å²) in [5.41, 5.74) is 7.96. The van der Waals surface area contributed by atoms with E-state index in [4.69, 9.17) is 15.7 Å². The molecule has 0 fully saturated rings. The Hall–Kier alpha value is -3.79. The van der Waals surface area contributed by atoms with Crippen molar-refractivity contribution in [3.63, 3.8) is 0 Å². The van der Waals surface area contributed by atoms with E-state index in [0.717, 1.165) is 17.2 Å². The fourth-order valence-electron chi connectivity index (χ4n) is 2.55. The van der Waals surface area contributed by atoms with Crippen LogP contribution >= 0.6 is 0 Å². The van der Waals surface area contributed by atoms with Gasteiger partial charge < -0.3 is 10.5 Å². The summed E-state index contributed by atoms with van der Waals surface area (Å²) in [6.45, 7) is 1.84. The van der Waals surface area contributed by atoms with Crippen molar-refractivity contribution in [2.24, 2.45) is 5.73 Å². The highest BCUT2D eigenvalue weighted by Crippen LogP contribution is 2.21. The number of aryl methyl sites for hydroxylation is 1. The standard InChI is InChI=1S/C20H15FN4O2/c1-12-8-13(3-5-16(12)20(23)26)18-6-7-24-19(25-18)11-27-15-4-2-14(10-22)17(21)9-15/h2-9H,11H2,1H3,(H2,23,26). The van der Waals surface area contributed by atoms with Crippen molar-refractivity contribution < 1.29 is 13.9 Å². The van der Waals surface area contributed by atoms with Gasteiger partial charge in [0.2, 0.25) is 5.91 Å². The molecule has 2 N–H and O–H groups in total. The molecule has 3 rings (SSSR count). The van der Waals surface area contributed by atoms with Crippen LogP contribution in [0.15, 0.2) is 48.7 Å². The molecule has 2 aromatic carbocycles. The van der Waals surface area contributed by atoms with Gasteiger partial charge in [-0.05, 0) is 42.8 Å². The maximum atomic E-state index is 13.6. The van der Waals surface area contributed by atoms with Crippen molar-refractivity contribution >= 4 is 5.91 Å². The lowest BCUT2D eigenvalue weighted by Gasteiger charge is -2.08. The van der Waals surface area contributed by atoms with E-state index < -0.39 is 11.7 Å². The minimum Gasteiger partial charge on any atom is -0.486 e. The van der Waals surface area contributed by atoms with E-state index in [0.29, 0.717) is 17.1 Å². The first-order chi connectivity index (χ1) is 13.0. The molecule has 0 unspecified atom stereocenters. The Balaban J connectivity index is 1.78. The molecule has 27 heavy (non-hydrogen) atoms. The minimum absolute atomic E-state index is 0.0392. The number of primary amides is 1. The number of nitrogens with two attached hydrogens (primary N) is 1. The molecular formula is C20H15FN4O2. The number of rotatable bonds is 5. The highest BCUT2D eigenvalue weighted by atomic mass is 19.1. The van der Waals surface area contributed by atoms with Crippen LogP contribution in [-0.4, -0.2) is 15.9 Å². The largest absolute Gasteiger partial charge is 0.486 e. The molecule has 1 amide bonds. The number of carbonyl (C=O) groups is 1. The zero-order valence-electron chi connectivity index (χ0n) is 14.4. The van der Waals surface area contributed by atoms with Gasteiger partial charge in [-0.15, -0.1) is 0 Å². The Morgan fingerprint density at radius 1 is 1.26 bits per heavy atom. The van der Waals surface area contributed by atoms with Crippen LogP contribution in [0.1, 0.15) is 27.3 Å². The number of hydrogen-bond acceptors (Lipinski definition) is 5. The van der Waals surface area contributed by atoms with Crippen molar-refractivity contribution in [2.45, 2.75) is 13.5 Å². The number of carbonyl (C=O) groups excluding carboxylic acids is 1. The monoisotopic (exact) mass is 362 g/mol. The summed E-state index contributed by atoms with van der Waals surface area (Å²) in [7, 11) is 0. The van der Waals surface area contributed by atoms with Gasteiger partial charge in [0.15, 0.2) is 5.82 Å². The topological polar surface area (TPSA) is 102 Å². The van der Waals surface area contributed by atoms with Crippen LogP contribution in [0.2, 0.25) is 0 Å². The van der Waals surface area contributed by atoms with Gasteiger partial charge in [-0.25, -0.2) is 14.4 Å². The third-order valence-corrected chi connectivity index (χ3v) is 3.92. The second-order valence-corrected chi connectivity index (χ2v) is 5.79. The van der Waals surface area contributed by atoms with Crippen molar-refractivity contribution in [1.29, 1.82) is 5.26 Å². The van der Waals surface area contributed by atoms with Crippen LogP contribution in [0.25, 0.3) is 11.3 Å². The van der Waals surface area contributed by atoms with Crippen LogP contribution in [0, 0.1) is 24.1 Å². The SMILES string of the molecule is Cc1cc(-c2ccnc(COc3ccc(C#N)c(F)c3)n2)ccc1C(N)=O. The summed E-state index contributed by atoms with van der Waals surface area (Å²) in [5, 5.41) is 8.75. The minimum atomic E-state index is -0.644. The molecule has 1 aromatic heterocycles. The highest BCUT2D eigenvalue weighted by Gasteiger charge is 2.09. The first-order valence-electron chi connectivity index (χ1n) is 8.03. The maximum Gasteiger partial charge on any atom is 0.248 e. The number of halogens is 1. The normalized spacial score (nSPS) is 10.3. The predicted octanol–water partition coefficient (Wildman–Crippen LogP) is 3.14. The van der Waals surface area contributed by atoms with Gasteiger partial charge in [-0.2, -0.15) is 5.26 Å². The molecule has 3 aromatic rings. The van der Waals surface area contributed by atoms with Crippen LogP contribution in [0.4, 0.5) is 4.39 Å². The van der Waals surface area contributed by atoms with Gasteiger partial charge in [0.05, 0.1) is 11.3 Å². The first-order valence-corrected chi connectivity index (χ1v) is 8.03. The zero-order valence-corrected chi connectivity index (χ0v) is 14.4. The number of nitrogens with zero attached hydrogens (tertiary/aromatic N) is 3. The lowest BCUT2D eigenvalue weighted by Crippen LogP contribution is -2.12. The number of benzene rings is 2. The number of nitriles is 1. The van der Waals surface area contributed by atoms with Crippen molar-refractivity contribution in [1.82, 2.24) is 9.97 Å². The summed E-state index contributed by atoms with van der Waals surface area (Å²) in [6.07, 6.45) is 1.59. The first kappa shape index (κ1) is 18.0. The third-order valence-electron chi connectivity index (χ3n) is 3.92. The number of hydrogen-bond donors (Lipinski definition) is 1. The second-order valence-electron chi connectivity index (χ2n) is 5.79. The zero-order chi connectivity index (χ0) is 19.4. The molecular weight excluding hydrogens is 347 g/mol. The van der Waals surface area contributed by atoms with Crippen molar-refractivity contribution in [3.05, 3.63) is 77.0 Å². The van der Waals surface area contributed by atoms with Gasteiger partial charge in [-0.3, -0.25) is 4.79 Å². The smallest absolute Gasteiger partial charge is 0.248 e. The van der Waals surface area contributed by atoms with Crippen LogP contribution in [-0.2, 0) is 6.61 Å². The van der Waals surface area contributed by atoms with Crippen LogP contribution in [0.5, 0.6) is 5.75 Å². The van der Waals surface area contributed by atoms with E-state index in [1.165, 1.54) is 12.1 Å². The summed E-state index contributed by atoms with van der Waals surface area (Å²) < 4.78 is 19.1. The molecule has 0 aliphatic carbocycles. The van der Waals surface area contributed by atoms with E-state index in [9.17, 15) is 9.18 Å². The molecule has 0 saturated heterocycles. The Kier molecular flexibility index (Phi) is 5.08. The number of amides is 1. The fraction of sp³-hybridized carbons (Fsp3) is 0.100. The highest BCUT2D eigenvalue weighted by molar-refractivity contribution is 5.94. The van der Waals surface area contributed by atoms with Gasteiger partial charge in [-0.1, -0.05) is 6.07 Å². The summed E-state index contributed by atoms with van der Waals surface area (Å²) >= 11 is 0. The lowest BCUT2D eigenvalue weighted by atomic mass is 10.0. The van der Waals surface area contributed by atoms with Crippen LogP contribution < -0.4 is 10.5 Å². The van der Waals surface area contributed by atoms with Gasteiger partial charge in [0.1, 0.15) is 24.2 Å². The summed E-state index contributed by atoms with van der Waals surface area (Å²) in [5.74, 6) is -0.434. The molecule has 0 aliphatic rings. The van der Waals surface area contributed by atoms with E-state index in [1.807, 2.05) is 6.07 Å². The lowest BCUT2D eigenvalue weighted by molar-refractivity contribution is 0.0999. The Labute approximate surface area is 155 Å². The second kappa shape index (κ2) is 7.62. The van der Waals surface area contributed by atoms with Gasteiger partial charge in [0.25, 0.3) is 0 Å². The molecule has 6 nitrogen and oxygen atoms in total. The molecule has 1 heterocycles. The number of ether oxygens (including phenoxy) is 1. The predicted molar refractivity (Wildman–Crippen MR) is 96.2 cm³/mol. The molecule has 0 saturated carbocycles. The molecule has 134 valence electrons. The van der Waals surface area contributed by atoms with E-state index in [2.05, 4.69) is 9.97 Å². The Morgan fingerprint density at radius 2 is 2.07 bits per heavy atom. The van der Waals surface area contributed by atoms with Gasteiger partial charge in [0, 0.05) is 23.4 Å². The molecule has 0 atom stereocenters. The quantitative estimate of drug-likeness (QED) is 0.751. The van der Waals surface area contributed by atoms with E-state index >= 15 is 0 Å². The molecule has 0 spiro atoms. The van der Waals surface area contributed by atoms with Crippen LogP contribution in [0.3, 0.4) is 0 Å². The maximum absolute atomic E-state index is 13.6.